The fourth-order valence-electron chi connectivity index (χ4n) is 3.46. The fraction of sp³-hybridized carbons (Fsp3) is 0.318. The number of carbonyl (C=O) groups excluding carboxylic acids is 3. The Morgan fingerprint density at radius 1 is 1.03 bits per heavy atom. The summed E-state index contributed by atoms with van der Waals surface area (Å²) < 4.78 is 0.906. The average Bonchev–Trinajstić information content (AvgIpc) is 3.02. The summed E-state index contributed by atoms with van der Waals surface area (Å²) >= 11 is 3.38. The summed E-state index contributed by atoms with van der Waals surface area (Å²) in [6.45, 7) is 0.213. The van der Waals surface area contributed by atoms with E-state index in [0.29, 0.717) is 0 Å². The first-order valence-electron chi connectivity index (χ1n) is 10.1. The second kappa shape index (κ2) is 11.2. The highest BCUT2D eigenvalue weighted by Crippen LogP contribution is 2.26. The number of urea groups is 1. The molecule has 0 aromatic heterocycles. The second-order valence-electron chi connectivity index (χ2n) is 7.45. The van der Waals surface area contributed by atoms with Crippen LogP contribution in [0.5, 0.6) is 0 Å². The van der Waals surface area contributed by atoms with Crippen LogP contribution in [-0.2, 0) is 22.7 Å². The van der Waals surface area contributed by atoms with Crippen molar-refractivity contribution in [1.29, 1.82) is 0 Å². The van der Waals surface area contributed by atoms with Crippen LogP contribution in [0.25, 0.3) is 0 Å². The predicted molar refractivity (Wildman–Crippen MR) is 119 cm³/mol. The molecule has 1 aliphatic heterocycles. The molecule has 0 saturated carbocycles. The van der Waals surface area contributed by atoms with Gasteiger partial charge in [-0.25, -0.2) is 4.79 Å². The molecular weight excluding hydrogens is 480 g/mol. The Morgan fingerprint density at radius 2 is 1.69 bits per heavy atom. The molecule has 1 fully saturated rings. The summed E-state index contributed by atoms with van der Waals surface area (Å²) in [6, 6.07) is 15.5. The zero-order chi connectivity index (χ0) is 23.1. The topological polar surface area (TPSA) is 122 Å². The molecule has 9 nitrogen and oxygen atoms in total. The van der Waals surface area contributed by atoms with Crippen LogP contribution in [0, 0.1) is 0 Å². The number of amides is 4. The highest BCUT2D eigenvalue weighted by atomic mass is 79.9. The van der Waals surface area contributed by atoms with E-state index in [4.69, 9.17) is 5.21 Å². The smallest absolute Gasteiger partial charge is 0.328 e. The maximum absolute atomic E-state index is 13.2. The van der Waals surface area contributed by atoms with Gasteiger partial charge in [0.25, 0.3) is 5.91 Å². The molecule has 1 heterocycles. The first-order chi connectivity index (χ1) is 15.4. The summed E-state index contributed by atoms with van der Waals surface area (Å²) in [6.07, 6.45) is -1.16. The Hall–Kier alpha value is -2.79. The molecule has 4 N–H and O–H groups in total. The normalized spacial score (nSPS) is 17.0. The van der Waals surface area contributed by atoms with E-state index in [1.807, 2.05) is 54.6 Å². The van der Waals surface area contributed by atoms with Crippen molar-refractivity contribution in [1.82, 2.24) is 20.6 Å². The van der Waals surface area contributed by atoms with E-state index in [1.165, 1.54) is 9.80 Å². The molecule has 2 aromatic carbocycles. The number of hydrogen-bond donors (Lipinski definition) is 4. The molecule has 3 rings (SSSR count). The summed E-state index contributed by atoms with van der Waals surface area (Å²) in [5.41, 5.74) is 3.32. The SMILES string of the molecule is O=C(CCC1C(=O)N(Cc2ccccc2)C(=O)N1Cc1ccc(Br)cc1)NCC(O)NO. The van der Waals surface area contributed by atoms with Gasteiger partial charge in [0.15, 0.2) is 0 Å². The number of aliphatic hydroxyl groups is 1. The van der Waals surface area contributed by atoms with Crippen LogP contribution in [0.3, 0.4) is 0 Å². The quantitative estimate of drug-likeness (QED) is 0.223. The highest BCUT2D eigenvalue weighted by Gasteiger charge is 2.44. The lowest BCUT2D eigenvalue weighted by Crippen LogP contribution is -2.40. The fourth-order valence-corrected chi connectivity index (χ4v) is 3.73. The Kier molecular flexibility index (Phi) is 8.34. The van der Waals surface area contributed by atoms with Gasteiger partial charge in [-0.15, -0.1) is 0 Å². The van der Waals surface area contributed by atoms with Crippen LogP contribution in [-0.4, -0.2) is 56.8 Å². The van der Waals surface area contributed by atoms with Crippen molar-refractivity contribution in [3.05, 3.63) is 70.2 Å². The maximum Gasteiger partial charge on any atom is 0.328 e. The minimum atomic E-state index is -1.29. The molecule has 0 bridgehead atoms. The number of carbonyl (C=O) groups is 3. The summed E-state index contributed by atoms with van der Waals surface area (Å²) in [7, 11) is 0. The number of aliphatic hydroxyl groups excluding tert-OH is 1. The Bertz CT molecular complexity index is 941. The van der Waals surface area contributed by atoms with Crippen molar-refractivity contribution in [3.8, 4) is 0 Å². The van der Waals surface area contributed by atoms with Crippen LogP contribution >= 0.6 is 15.9 Å². The Labute approximate surface area is 194 Å². The van der Waals surface area contributed by atoms with Gasteiger partial charge in [-0.05, 0) is 29.7 Å². The molecule has 4 amide bonds. The maximum atomic E-state index is 13.2. The standard InChI is InChI=1S/C22H25BrN4O5/c23-17-8-6-16(7-9-17)13-26-18(10-11-19(28)24-12-20(29)25-32)21(30)27(22(26)31)14-15-4-2-1-3-5-15/h1-9,18,20,25,29,32H,10-14H2,(H,24,28). The van der Waals surface area contributed by atoms with Crippen LogP contribution in [0.15, 0.2) is 59.1 Å². The number of rotatable bonds is 10. The van der Waals surface area contributed by atoms with Crippen molar-refractivity contribution >= 4 is 33.8 Å². The van der Waals surface area contributed by atoms with Gasteiger partial charge in [-0.3, -0.25) is 14.5 Å². The van der Waals surface area contributed by atoms with E-state index in [0.717, 1.165) is 15.6 Å². The lowest BCUT2D eigenvalue weighted by molar-refractivity contribution is -0.129. The number of nitrogens with zero attached hydrogens (tertiary/aromatic N) is 2. The van der Waals surface area contributed by atoms with E-state index >= 15 is 0 Å². The van der Waals surface area contributed by atoms with Gasteiger partial charge in [-0.1, -0.05) is 58.4 Å². The minimum Gasteiger partial charge on any atom is -0.375 e. The van der Waals surface area contributed by atoms with Gasteiger partial charge in [0.1, 0.15) is 12.3 Å². The lowest BCUT2D eigenvalue weighted by Gasteiger charge is -2.22. The number of hydrogen-bond acceptors (Lipinski definition) is 6. The molecule has 2 atom stereocenters. The molecule has 1 saturated heterocycles. The number of halogens is 1. The zero-order valence-electron chi connectivity index (χ0n) is 17.3. The largest absolute Gasteiger partial charge is 0.375 e. The van der Waals surface area contributed by atoms with Gasteiger partial charge in [0, 0.05) is 17.4 Å². The van der Waals surface area contributed by atoms with Crippen LogP contribution in [0.2, 0.25) is 0 Å². The second-order valence-corrected chi connectivity index (χ2v) is 8.37. The Balaban J connectivity index is 1.73. The first kappa shape index (κ1) is 23.9. The molecule has 10 heteroatoms. The van der Waals surface area contributed by atoms with E-state index in [1.54, 1.807) is 5.48 Å². The third-order valence-corrected chi connectivity index (χ3v) is 5.67. The van der Waals surface area contributed by atoms with E-state index in [9.17, 15) is 19.5 Å². The molecule has 32 heavy (non-hydrogen) atoms. The number of benzene rings is 2. The van der Waals surface area contributed by atoms with Crippen molar-refractivity contribution in [3.63, 3.8) is 0 Å². The number of nitrogens with one attached hydrogen (secondary N) is 2. The van der Waals surface area contributed by atoms with E-state index in [-0.39, 0.29) is 38.4 Å². The molecule has 0 aliphatic carbocycles. The van der Waals surface area contributed by atoms with Gasteiger partial charge in [0.2, 0.25) is 5.91 Å². The van der Waals surface area contributed by atoms with Crippen LogP contribution < -0.4 is 10.8 Å². The van der Waals surface area contributed by atoms with E-state index in [2.05, 4.69) is 21.2 Å². The molecule has 0 spiro atoms. The van der Waals surface area contributed by atoms with Gasteiger partial charge in [0.05, 0.1) is 13.1 Å². The molecule has 0 radical (unpaired) electrons. The van der Waals surface area contributed by atoms with Gasteiger partial charge >= 0.3 is 6.03 Å². The molecular formula is C22H25BrN4O5. The molecule has 170 valence electrons. The molecule has 2 unspecified atom stereocenters. The van der Waals surface area contributed by atoms with Crippen LogP contribution in [0.1, 0.15) is 24.0 Å². The summed E-state index contributed by atoms with van der Waals surface area (Å²) in [5, 5.41) is 20.3. The van der Waals surface area contributed by atoms with Crippen LogP contribution in [0.4, 0.5) is 4.79 Å². The van der Waals surface area contributed by atoms with Gasteiger partial charge < -0.3 is 20.5 Å². The minimum absolute atomic E-state index is 0.0160. The number of hydroxylamine groups is 1. The lowest BCUT2D eigenvalue weighted by atomic mass is 10.1. The third kappa shape index (κ3) is 6.13. The van der Waals surface area contributed by atoms with Crippen molar-refractivity contribution in [2.75, 3.05) is 6.54 Å². The molecule has 2 aromatic rings. The third-order valence-electron chi connectivity index (χ3n) is 5.14. The van der Waals surface area contributed by atoms with E-state index < -0.39 is 24.2 Å². The Morgan fingerprint density at radius 3 is 2.34 bits per heavy atom. The zero-order valence-corrected chi connectivity index (χ0v) is 18.9. The monoisotopic (exact) mass is 504 g/mol. The van der Waals surface area contributed by atoms with Crippen molar-refractivity contribution in [2.45, 2.75) is 38.2 Å². The van der Waals surface area contributed by atoms with Crippen molar-refractivity contribution < 1.29 is 24.7 Å². The summed E-state index contributed by atoms with van der Waals surface area (Å²) in [5.74, 6) is -0.745. The number of imide groups is 1. The first-order valence-corrected chi connectivity index (χ1v) is 10.9. The highest BCUT2D eigenvalue weighted by molar-refractivity contribution is 9.10. The van der Waals surface area contributed by atoms with Crippen molar-refractivity contribution in [2.24, 2.45) is 0 Å². The average molecular weight is 505 g/mol. The molecule has 1 aliphatic rings. The summed E-state index contributed by atoms with van der Waals surface area (Å²) in [4.78, 5) is 41.1. The predicted octanol–water partition coefficient (Wildman–Crippen LogP) is 1.98. The van der Waals surface area contributed by atoms with Gasteiger partial charge in [-0.2, -0.15) is 5.48 Å².